The fourth-order valence-electron chi connectivity index (χ4n) is 7.01. The Hall–Kier alpha value is -6.06. The van der Waals surface area contributed by atoms with Gasteiger partial charge in [-0.2, -0.15) is 0 Å². The molecule has 7 aromatic carbocycles. The lowest BCUT2D eigenvalue weighted by atomic mass is 9.85. The maximum Gasteiger partial charge on any atom is 0.159 e. The summed E-state index contributed by atoms with van der Waals surface area (Å²) in [4.78, 5) is 10.2. The van der Waals surface area contributed by atoms with Crippen molar-refractivity contribution in [1.29, 1.82) is 0 Å². The van der Waals surface area contributed by atoms with Gasteiger partial charge in [-0.15, -0.1) is 0 Å². The van der Waals surface area contributed by atoms with Crippen LogP contribution in [0.3, 0.4) is 0 Å². The molecule has 3 heteroatoms. The van der Waals surface area contributed by atoms with E-state index in [9.17, 15) is 0 Å². The van der Waals surface area contributed by atoms with Gasteiger partial charge in [0.2, 0.25) is 0 Å². The van der Waals surface area contributed by atoms with Crippen LogP contribution in [0.15, 0.2) is 158 Å². The smallest absolute Gasteiger partial charge is 0.159 e. The molecule has 0 radical (unpaired) electrons. The summed E-state index contributed by atoms with van der Waals surface area (Å²) in [7, 11) is 2.07. The number of benzene rings is 7. The molecule has 0 aliphatic heterocycles. The molecule has 0 fully saturated rings. The lowest BCUT2D eigenvalue weighted by Crippen LogP contribution is -1.95. The fourth-order valence-corrected chi connectivity index (χ4v) is 7.01. The number of hydrogen-bond donors (Lipinski definition) is 0. The lowest BCUT2D eigenvalue weighted by Gasteiger charge is -2.18. The van der Waals surface area contributed by atoms with Crippen LogP contribution in [0.2, 0.25) is 0 Å². The summed E-state index contributed by atoms with van der Waals surface area (Å²) in [6.07, 6.45) is 0. The molecule has 2 heterocycles. The van der Waals surface area contributed by atoms with Gasteiger partial charge < -0.3 is 4.57 Å². The highest BCUT2D eigenvalue weighted by Crippen LogP contribution is 2.44. The zero-order chi connectivity index (χ0) is 30.6. The van der Waals surface area contributed by atoms with Crippen molar-refractivity contribution in [3.8, 4) is 45.0 Å². The Morgan fingerprint density at radius 3 is 1.67 bits per heavy atom. The molecule has 0 unspecified atom stereocenters. The van der Waals surface area contributed by atoms with E-state index < -0.39 is 0 Å². The lowest BCUT2D eigenvalue weighted by molar-refractivity contribution is 0.951. The molecule has 3 nitrogen and oxygen atoms in total. The second-order valence-electron chi connectivity index (χ2n) is 11.9. The molecule has 0 bridgehead atoms. The average molecular weight is 588 g/mol. The molecule has 0 atom stereocenters. The van der Waals surface area contributed by atoms with Gasteiger partial charge in [0, 0.05) is 12.6 Å². The Morgan fingerprint density at radius 1 is 0.413 bits per heavy atom. The Bertz CT molecular complexity index is 2540. The standard InChI is InChI=1S/C43H29N3/c1-46-40-25-24-32(27-39(40)45-43(46)38-21-11-20-37(44-38)29-13-3-2-4-14-29)42-35-18-9-7-16-33(35)41(34-17-8-10-19-36(34)42)31-23-22-28-12-5-6-15-30(28)26-31/h2-27H,1H3. The largest absolute Gasteiger partial charge is 0.326 e. The molecule has 2 aromatic heterocycles. The summed E-state index contributed by atoms with van der Waals surface area (Å²) in [5, 5.41) is 7.46. The second kappa shape index (κ2) is 10.5. The first-order chi connectivity index (χ1) is 22.7. The zero-order valence-corrected chi connectivity index (χ0v) is 25.4. The van der Waals surface area contributed by atoms with Crippen molar-refractivity contribution < 1.29 is 0 Å². The van der Waals surface area contributed by atoms with Crippen molar-refractivity contribution in [2.24, 2.45) is 7.05 Å². The van der Waals surface area contributed by atoms with Gasteiger partial charge in [0.05, 0.1) is 16.7 Å². The fraction of sp³-hybridized carbons (Fsp3) is 0.0233. The summed E-state index contributed by atoms with van der Waals surface area (Å²) < 4.78 is 2.15. The first-order valence-corrected chi connectivity index (χ1v) is 15.7. The molecule has 0 saturated carbocycles. The highest BCUT2D eigenvalue weighted by atomic mass is 15.1. The summed E-state index contributed by atoms with van der Waals surface area (Å²) in [6.45, 7) is 0. The molecular formula is C43H29N3. The quantitative estimate of drug-likeness (QED) is 0.192. The van der Waals surface area contributed by atoms with E-state index in [0.717, 1.165) is 39.4 Å². The third-order valence-electron chi connectivity index (χ3n) is 9.19. The Morgan fingerprint density at radius 2 is 0.978 bits per heavy atom. The highest BCUT2D eigenvalue weighted by Gasteiger charge is 2.18. The summed E-state index contributed by atoms with van der Waals surface area (Å²) in [6, 6.07) is 56.2. The minimum Gasteiger partial charge on any atom is -0.326 e. The number of fused-ring (bicyclic) bond motifs is 4. The van der Waals surface area contributed by atoms with Gasteiger partial charge in [-0.1, -0.05) is 127 Å². The predicted molar refractivity (Wildman–Crippen MR) is 193 cm³/mol. The number of aryl methyl sites for hydroxylation is 1. The molecule has 0 aliphatic carbocycles. The van der Waals surface area contributed by atoms with Gasteiger partial charge in [-0.25, -0.2) is 9.97 Å². The molecule has 9 aromatic rings. The van der Waals surface area contributed by atoms with Crippen LogP contribution in [0.4, 0.5) is 0 Å². The number of pyridine rings is 1. The minimum absolute atomic E-state index is 0.853. The SMILES string of the molecule is Cn1c(-c2cccc(-c3ccccc3)n2)nc2cc(-c3c4ccccc4c(-c4ccc5ccccc5c4)c4ccccc34)ccc21. The van der Waals surface area contributed by atoms with Gasteiger partial charge in [-0.3, -0.25) is 0 Å². The van der Waals surface area contributed by atoms with Gasteiger partial charge in [0.25, 0.3) is 0 Å². The van der Waals surface area contributed by atoms with Crippen LogP contribution in [0.5, 0.6) is 0 Å². The molecular weight excluding hydrogens is 558 g/mol. The van der Waals surface area contributed by atoms with Crippen LogP contribution in [0.25, 0.3) is 88.4 Å². The molecule has 0 aliphatic rings. The Labute approximate surface area is 267 Å². The number of rotatable bonds is 4. The summed E-state index contributed by atoms with van der Waals surface area (Å²) in [5.41, 5.74) is 9.80. The van der Waals surface area contributed by atoms with E-state index in [1.54, 1.807) is 0 Å². The summed E-state index contributed by atoms with van der Waals surface area (Å²) >= 11 is 0. The third-order valence-corrected chi connectivity index (χ3v) is 9.19. The van der Waals surface area contributed by atoms with Crippen molar-refractivity contribution >= 4 is 43.4 Å². The molecule has 46 heavy (non-hydrogen) atoms. The van der Waals surface area contributed by atoms with Crippen LogP contribution in [-0.2, 0) is 7.05 Å². The van der Waals surface area contributed by atoms with E-state index in [1.165, 1.54) is 49.0 Å². The molecule has 216 valence electrons. The number of nitrogens with zero attached hydrogens (tertiary/aromatic N) is 3. The van der Waals surface area contributed by atoms with E-state index in [0.29, 0.717) is 0 Å². The van der Waals surface area contributed by atoms with E-state index in [2.05, 4.69) is 145 Å². The predicted octanol–water partition coefficient (Wildman–Crippen LogP) is 11.1. The summed E-state index contributed by atoms with van der Waals surface area (Å²) in [5.74, 6) is 0.853. The van der Waals surface area contributed by atoms with Gasteiger partial charge >= 0.3 is 0 Å². The molecule has 0 spiro atoms. The van der Waals surface area contributed by atoms with Gasteiger partial charge in [-0.05, 0) is 84.9 Å². The topological polar surface area (TPSA) is 30.7 Å². The molecule has 9 rings (SSSR count). The van der Waals surface area contributed by atoms with Crippen LogP contribution < -0.4 is 0 Å². The number of hydrogen-bond acceptors (Lipinski definition) is 2. The van der Waals surface area contributed by atoms with Crippen molar-refractivity contribution in [3.05, 3.63) is 158 Å². The number of aromatic nitrogens is 3. The first-order valence-electron chi connectivity index (χ1n) is 15.7. The van der Waals surface area contributed by atoms with E-state index in [1.807, 2.05) is 24.3 Å². The van der Waals surface area contributed by atoms with Gasteiger partial charge in [0.1, 0.15) is 5.69 Å². The number of imidazole rings is 1. The minimum atomic E-state index is 0.853. The van der Waals surface area contributed by atoms with Gasteiger partial charge in [0.15, 0.2) is 5.82 Å². The van der Waals surface area contributed by atoms with Crippen LogP contribution in [0, 0.1) is 0 Å². The van der Waals surface area contributed by atoms with E-state index in [4.69, 9.17) is 9.97 Å². The van der Waals surface area contributed by atoms with Crippen LogP contribution in [-0.4, -0.2) is 14.5 Å². The van der Waals surface area contributed by atoms with Crippen LogP contribution >= 0.6 is 0 Å². The molecule has 0 amide bonds. The van der Waals surface area contributed by atoms with E-state index >= 15 is 0 Å². The normalized spacial score (nSPS) is 11.6. The third kappa shape index (κ3) is 4.21. The zero-order valence-electron chi connectivity index (χ0n) is 25.4. The van der Waals surface area contributed by atoms with Crippen molar-refractivity contribution in [1.82, 2.24) is 14.5 Å². The van der Waals surface area contributed by atoms with Crippen molar-refractivity contribution in [3.63, 3.8) is 0 Å². The van der Waals surface area contributed by atoms with Crippen molar-refractivity contribution in [2.75, 3.05) is 0 Å². The van der Waals surface area contributed by atoms with Crippen LogP contribution in [0.1, 0.15) is 0 Å². The molecule has 0 N–H and O–H groups in total. The first kappa shape index (κ1) is 26.4. The average Bonchev–Trinajstić information content (AvgIpc) is 3.46. The maximum absolute atomic E-state index is 5.16. The maximum atomic E-state index is 5.16. The Balaban J connectivity index is 1.24. The Kier molecular flexibility index (Phi) is 6.04. The monoisotopic (exact) mass is 587 g/mol. The second-order valence-corrected chi connectivity index (χ2v) is 11.9. The molecule has 0 saturated heterocycles. The van der Waals surface area contributed by atoms with Crippen molar-refractivity contribution in [2.45, 2.75) is 0 Å². The highest BCUT2D eigenvalue weighted by molar-refractivity contribution is 6.22. The van der Waals surface area contributed by atoms with E-state index in [-0.39, 0.29) is 0 Å².